The fourth-order valence-electron chi connectivity index (χ4n) is 4.86. The highest BCUT2D eigenvalue weighted by Crippen LogP contribution is 2.35. The maximum absolute atomic E-state index is 13.2. The van der Waals surface area contributed by atoms with Crippen molar-refractivity contribution >= 4 is 27.3 Å². The van der Waals surface area contributed by atoms with Crippen LogP contribution in [0.5, 0.6) is 0 Å². The van der Waals surface area contributed by atoms with Crippen molar-refractivity contribution in [3.05, 3.63) is 46.8 Å². The lowest BCUT2D eigenvalue weighted by atomic mass is 10.0. The van der Waals surface area contributed by atoms with Crippen molar-refractivity contribution in [3.8, 4) is 0 Å². The smallest absolute Gasteiger partial charge is 0.257 e. The Morgan fingerprint density at radius 3 is 2.21 bits per heavy atom. The fraction of sp³-hybridized carbons (Fsp3) is 0.478. The van der Waals surface area contributed by atoms with E-state index in [1.54, 1.807) is 13.8 Å². The molecule has 0 aliphatic carbocycles. The summed E-state index contributed by atoms with van der Waals surface area (Å²) in [4.78, 5) is 36.7. The van der Waals surface area contributed by atoms with E-state index in [0.717, 1.165) is 30.6 Å². The normalized spacial score (nSPS) is 20.2. The Morgan fingerprint density at radius 2 is 1.67 bits per heavy atom. The first-order valence-electron chi connectivity index (χ1n) is 11.0. The zero-order valence-electron chi connectivity index (χ0n) is 19.1. The summed E-state index contributed by atoms with van der Waals surface area (Å²) in [5, 5.41) is -0.249. The largest absolute Gasteiger partial charge is 0.371 e. The zero-order chi connectivity index (χ0) is 23.9. The number of carbonyl (C=O) groups excluding carboxylic acids is 2. The first kappa shape index (κ1) is 23.2. The van der Waals surface area contributed by atoms with Gasteiger partial charge in [0.05, 0.1) is 17.0 Å². The maximum Gasteiger partial charge on any atom is 0.257 e. The summed E-state index contributed by atoms with van der Waals surface area (Å²) >= 11 is 0. The highest BCUT2D eigenvalue weighted by molar-refractivity contribution is 7.90. The molecule has 0 radical (unpaired) electrons. The minimum atomic E-state index is -3.54. The third kappa shape index (κ3) is 4.85. The molecule has 2 fully saturated rings. The van der Waals surface area contributed by atoms with Gasteiger partial charge in [0.15, 0.2) is 0 Å². The number of anilines is 1. The van der Waals surface area contributed by atoms with Crippen LogP contribution in [0.2, 0.25) is 0 Å². The van der Waals surface area contributed by atoms with Gasteiger partial charge in [-0.3, -0.25) is 9.59 Å². The topological polar surface area (TPSA) is 127 Å². The highest BCUT2D eigenvalue weighted by Gasteiger charge is 2.42. The molecule has 1 aromatic heterocycles. The van der Waals surface area contributed by atoms with Gasteiger partial charge < -0.3 is 15.5 Å². The highest BCUT2D eigenvalue weighted by atomic mass is 32.2. The van der Waals surface area contributed by atoms with E-state index in [-0.39, 0.29) is 17.0 Å². The van der Waals surface area contributed by atoms with Gasteiger partial charge in [-0.05, 0) is 38.0 Å². The van der Waals surface area contributed by atoms with Crippen LogP contribution in [-0.2, 0) is 21.1 Å². The number of primary amides is 1. The van der Waals surface area contributed by atoms with Crippen LogP contribution >= 0.6 is 0 Å². The molecular weight excluding hydrogens is 442 g/mol. The van der Waals surface area contributed by atoms with Crippen molar-refractivity contribution in [1.29, 1.82) is 0 Å². The van der Waals surface area contributed by atoms with E-state index in [2.05, 4.69) is 27.0 Å². The molecule has 10 heteroatoms. The summed E-state index contributed by atoms with van der Waals surface area (Å²) < 4.78 is 23.6. The van der Waals surface area contributed by atoms with Gasteiger partial charge in [0.2, 0.25) is 20.9 Å². The number of nitrogens with zero attached hydrogens (tertiary/aromatic N) is 4. The van der Waals surface area contributed by atoms with Gasteiger partial charge in [0.25, 0.3) is 5.91 Å². The van der Waals surface area contributed by atoms with Crippen LogP contribution in [0.3, 0.4) is 0 Å². The number of nitrogens with two attached hydrogens (primary N) is 1. The molecule has 1 aromatic carbocycles. The Morgan fingerprint density at radius 1 is 1.06 bits per heavy atom. The SMILES string of the molecule is Cc1nc(S(C)(=O)=O)nc(C)c1C(=O)N1CC2CN(c3cccc(CCC(N)=O)c3)CC2C1. The van der Waals surface area contributed by atoms with Gasteiger partial charge in [-0.15, -0.1) is 0 Å². The molecule has 0 bridgehead atoms. The fourth-order valence-corrected chi connectivity index (χ4v) is 5.47. The molecule has 2 aliphatic rings. The lowest BCUT2D eigenvalue weighted by molar-refractivity contribution is -0.117. The molecule has 0 spiro atoms. The van der Waals surface area contributed by atoms with Crippen molar-refractivity contribution in [2.75, 3.05) is 37.3 Å². The summed E-state index contributed by atoms with van der Waals surface area (Å²) in [6.45, 7) is 6.31. The molecule has 176 valence electrons. The van der Waals surface area contributed by atoms with Crippen molar-refractivity contribution < 1.29 is 18.0 Å². The van der Waals surface area contributed by atoms with Gasteiger partial charge in [-0.25, -0.2) is 18.4 Å². The van der Waals surface area contributed by atoms with E-state index in [1.807, 2.05) is 17.0 Å². The molecule has 2 saturated heterocycles. The number of aromatic nitrogens is 2. The molecule has 0 saturated carbocycles. The Hall–Kier alpha value is -3.01. The second-order valence-corrected chi connectivity index (χ2v) is 11.0. The van der Waals surface area contributed by atoms with E-state index < -0.39 is 9.84 Å². The summed E-state index contributed by atoms with van der Waals surface area (Å²) in [6, 6.07) is 8.19. The van der Waals surface area contributed by atoms with Crippen LogP contribution in [0.1, 0.15) is 33.7 Å². The third-order valence-electron chi connectivity index (χ3n) is 6.51. The lowest BCUT2D eigenvalue weighted by Gasteiger charge is -2.24. The van der Waals surface area contributed by atoms with Gasteiger partial charge >= 0.3 is 0 Å². The summed E-state index contributed by atoms with van der Waals surface area (Å²) in [6.07, 6.45) is 2.02. The number of fused-ring (bicyclic) bond motifs is 1. The van der Waals surface area contributed by atoms with E-state index in [0.29, 0.717) is 54.7 Å². The standard InChI is InChI=1S/C23H29N5O4S/c1-14-21(15(2)26-23(25-14)33(3,31)32)22(30)28-12-17-10-27(11-18(17)13-28)19-6-4-5-16(9-19)7-8-20(24)29/h4-6,9,17-18H,7-8,10-13H2,1-3H3,(H2,24,29). The van der Waals surface area contributed by atoms with Crippen LogP contribution < -0.4 is 10.6 Å². The predicted octanol–water partition coefficient (Wildman–Crippen LogP) is 1.12. The third-order valence-corrected chi connectivity index (χ3v) is 7.35. The molecule has 2 N–H and O–H groups in total. The molecule has 3 heterocycles. The van der Waals surface area contributed by atoms with E-state index >= 15 is 0 Å². The maximum atomic E-state index is 13.2. The number of aryl methyl sites for hydroxylation is 3. The van der Waals surface area contributed by atoms with Gasteiger partial charge in [0, 0.05) is 56.4 Å². The van der Waals surface area contributed by atoms with E-state index in [4.69, 9.17) is 5.73 Å². The Kier molecular flexibility index (Phi) is 6.13. The number of benzene rings is 1. The molecule has 2 aliphatic heterocycles. The summed E-state index contributed by atoms with van der Waals surface area (Å²) in [5.41, 5.74) is 8.65. The summed E-state index contributed by atoms with van der Waals surface area (Å²) in [5.74, 6) is 0.280. The minimum absolute atomic E-state index is 0.139. The monoisotopic (exact) mass is 471 g/mol. The molecule has 2 unspecified atom stereocenters. The molecule has 2 amide bonds. The molecule has 2 atom stereocenters. The second kappa shape index (κ2) is 8.74. The van der Waals surface area contributed by atoms with E-state index in [9.17, 15) is 18.0 Å². The minimum Gasteiger partial charge on any atom is -0.371 e. The number of carbonyl (C=O) groups is 2. The number of likely N-dealkylation sites (tertiary alicyclic amines) is 1. The van der Waals surface area contributed by atoms with E-state index in [1.165, 1.54) is 0 Å². The molecule has 2 aromatic rings. The van der Waals surface area contributed by atoms with Crippen molar-refractivity contribution in [2.45, 2.75) is 31.8 Å². The first-order chi connectivity index (χ1) is 15.5. The van der Waals surface area contributed by atoms with Crippen molar-refractivity contribution in [1.82, 2.24) is 14.9 Å². The Bertz CT molecular complexity index is 1180. The number of hydrogen-bond acceptors (Lipinski definition) is 7. The van der Waals surface area contributed by atoms with Crippen molar-refractivity contribution in [2.24, 2.45) is 17.6 Å². The van der Waals surface area contributed by atoms with Crippen LogP contribution in [-0.4, -0.2) is 67.5 Å². The molecule has 4 rings (SSSR count). The number of amides is 2. The number of hydrogen-bond donors (Lipinski definition) is 1. The molecule has 33 heavy (non-hydrogen) atoms. The molecular formula is C23H29N5O4S. The van der Waals surface area contributed by atoms with Crippen LogP contribution in [0, 0.1) is 25.7 Å². The lowest BCUT2D eigenvalue weighted by Crippen LogP contribution is -2.34. The average molecular weight is 472 g/mol. The second-order valence-electron chi connectivity index (χ2n) is 9.10. The summed E-state index contributed by atoms with van der Waals surface area (Å²) in [7, 11) is -3.54. The number of rotatable bonds is 6. The number of sulfone groups is 1. The predicted molar refractivity (Wildman–Crippen MR) is 124 cm³/mol. The quantitative estimate of drug-likeness (QED) is 0.626. The first-order valence-corrected chi connectivity index (χ1v) is 12.9. The van der Waals surface area contributed by atoms with Crippen LogP contribution in [0.4, 0.5) is 5.69 Å². The van der Waals surface area contributed by atoms with Gasteiger partial charge in [0.1, 0.15) is 0 Å². The average Bonchev–Trinajstić information content (AvgIpc) is 3.30. The Labute approximate surface area is 193 Å². The molecule has 9 nitrogen and oxygen atoms in total. The zero-order valence-corrected chi connectivity index (χ0v) is 19.9. The Balaban J connectivity index is 1.44. The van der Waals surface area contributed by atoms with Crippen LogP contribution in [0.25, 0.3) is 0 Å². The van der Waals surface area contributed by atoms with Gasteiger partial charge in [-0.1, -0.05) is 12.1 Å². The van der Waals surface area contributed by atoms with Gasteiger partial charge in [-0.2, -0.15) is 0 Å². The van der Waals surface area contributed by atoms with Crippen molar-refractivity contribution in [3.63, 3.8) is 0 Å². The van der Waals surface area contributed by atoms with Crippen LogP contribution in [0.15, 0.2) is 29.4 Å².